The van der Waals surface area contributed by atoms with Crippen LogP contribution in [0.25, 0.3) is 0 Å². The van der Waals surface area contributed by atoms with E-state index in [1.54, 1.807) is 6.92 Å². The maximum Gasteiger partial charge on any atom is 0.402 e. The van der Waals surface area contributed by atoms with Gasteiger partial charge in [0.05, 0.1) is 4.90 Å². The summed E-state index contributed by atoms with van der Waals surface area (Å²) in [6, 6.07) is 4.01. The summed E-state index contributed by atoms with van der Waals surface area (Å²) in [7, 11) is -4.27. The molecule has 120 valence electrons. The molecule has 0 aliphatic rings. The Morgan fingerprint density at radius 2 is 1.95 bits per heavy atom. The van der Waals surface area contributed by atoms with Crippen molar-refractivity contribution in [3.63, 3.8) is 0 Å². The second kappa shape index (κ2) is 6.97. The van der Waals surface area contributed by atoms with E-state index >= 15 is 0 Å². The van der Waals surface area contributed by atoms with Crippen LogP contribution in [0.5, 0.6) is 0 Å². The Kier molecular flexibility index (Phi) is 6.06. The average Bonchev–Trinajstić information content (AvgIpc) is 2.35. The third kappa shape index (κ3) is 5.15. The van der Waals surface area contributed by atoms with Crippen LogP contribution in [0.4, 0.5) is 18.9 Å². The largest absolute Gasteiger partial charge is 0.402 e. The van der Waals surface area contributed by atoms with Crippen molar-refractivity contribution >= 4 is 31.6 Å². The fourth-order valence-electron chi connectivity index (χ4n) is 1.68. The predicted octanol–water partition coefficient (Wildman–Crippen LogP) is 3.38. The van der Waals surface area contributed by atoms with E-state index in [1.165, 1.54) is 12.1 Å². The minimum Gasteiger partial charge on any atom is -0.399 e. The lowest BCUT2D eigenvalue weighted by Crippen LogP contribution is -2.39. The minimum absolute atomic E-state index is 0.166. The third-order valence-electron chi connectivity index (χ3n) is 2.69. The van der Waals surface area contributed by atoms with Crippen LogP contribution < -0.4 is 5.73 Å². The molecule has 0 aliphatic heterocycles. The van der Waals surface area contributed by atoms with Crippen molar-refractivity contribution in [2.75, 3.05) is 18.8 Å². The molecule has 1 aromatic rings. The summed E-state index contributed by atoms with van der Waals surface area (Å²) in [5, 5.41) is 0. The number of halogens is 4. The normalized spacial score (nSPS) is 12.9. The number of unbranched alkanes of at least 4 members (excludes halogenated alkanes) is 1. The van der Waals surface area contributed by atoms with Crippen LogP contribution in [0.2, 0.25) is 0 Å². The molecule has 9 heteroatoms. The van der Waals surface area contributed by atoms with E-state index in [0.717, 1.165) is 6.07 Å². The first-order valence-electron chi connectivity index (χ1n) is 6.20. The monoisotopic (exact) mass is 388 g/mol. The van der Waals surface area contributed by atoms with Crippen molar-refractivity contribution in [2.24, 2.45) is 0 Å². The molecular weight excluding hydrogens is 373 g/mol. The lowest BCUT2D eigenvalue weighted by molar-refractivity contribution is -0.136. The first kappa shape index (κ1) is 18.2. The van der Waals surface area contributed by atoms with Gasteiger partial charge in [0.2, 0.25) is 10.0 Å². The number of rotatable bonds is 6. The summed E-state index contributed by atoms with van der Waals surface area (Å²) in [6.07, 6.45) is -3.68. The molecular formula is C12H16BrF3N2O2S. The molecule has 0 aliphatic carbocycles. The van der Waals surface area contributed by atoms with Crippen LogP contribution in [0.1, 0.15) is 19.8 Å². The van der Waals surface area contributed by atoms with Gasteiger partial charge in [0.1, 0.15) is 6.54 Å². The van der Waals surface area contributed by atoms with E-state index in [9.17, 15) is 21.6 Å². The molecule has 1 rings (SSSR count). The Labute approximate surface area is 130 Å². The van der Waals surface area contributed by atoms with Crippen molar-refractivity contribution in [1.82, 2.24) is 4.31 Å². The molecule has 0 amide bonds. The van der Waals surface area contributed by atoms with E-state index in [4.69, 9.17) is 5.73 Å². The number of benzene rings is 1. The number of anilines is 1. The Morgan fingerprint density at radius 1 is 1.33 bits per heavy atom. The number of sulfonamides is 1. The molecule has 0 atom stereocenters. The van der Waals surface area contributed by atoms with Gasteiger partial charge < -0.3 is 5.73 Å². The lowest BCUT2D eigenvalue weighted by Gasteiger charge is -2.24. The van der Waals surface area contributed by atoms with Gasteiger partial charge in [-0.15, -0.1) is 0 Å². The smallest absolute Gasteiger partial charge is 0.399 e. The number of hydrogen-bond donors (Lipinski definition) is 1. The molecule has 0 radical (unpaired) electrons. The summed E-state index contributed by atoms with van der Waals surface area (Å²) in [5.74, 6) is 0. The van der Waals surface area contributed by atoms with E-state index in [2.05, 4.69) is 15.9 Å². The van der Waals surface area contributed by atoms with E-state index in [-0.39, 0.29) is 21.6 Å². The van der Waals surface area contributed by atoms with Gasteiger partial charge in [-0.25, -0.2) is 8.42 Å². The maximum atomic E-state index is 12.6. The van der Waals surface area contributed by atoms with Crippen molar-refractivity contribution in [3.05, 3.63) is 22.7 Å². The molecule has 21 heavy (non-hydrogen) atoms. The zero-order valence-corrected chi connectivity index (χ0v) is 13.7. The zero-order chi connectivity index (χ0) is 16.3. The van der Waals surface area contributed by atoms with Crippen molar-refractivity contribution in [2.45, 2.75) is 30.8 Å². The Balaban J connectivity index is 3.22. The number of nitrogens with zero attached hydrogens (tertiary/aromatic N) is 1. The summed E-state index contributed by atoms with van der Waals surface area (Å²) in [5.41, 5.74) is 5.69. The molecule has 2 N–H and O–H groups in total. The Bertz CT molecular complexity index is 591. The van der Waals surface area contributed by atoms with Gasteiger partial charge in [-0.1, -0.05) is 13.3 Å². The quantitative estimate of drug-likeness (QED) is 0.759. The standard InChI is InChI=1S/C12H16BrF3N2O2S/c1-2-3-6-18(8-12(14,15)16)21(19,20)11-7-9(17)4-5-10(11)13/h4-5,7H,2-3,6,8,17H2,1H3. The van der Waals surface area contributed by atoms with Crippen LogP contribution in [-0.2, 0) is 10.0 Å². The van der Waals surface area contributed by atoms with Crippen molar-refractivity contribution in [1.29, 1.82) is 0 Å². The second-order valence-corrected chi connectivity index (χ2v) is 7.26. The van der Waals surface area contributed by atoms with Crippen LogP contribution in [0.3, 0.4) is 0 Å². The van der Waals surface area contributed by atoms with E-state index in [1.807, 2.05) is 0 Å². The molecule has 0 spiro atoms. The number of hydrogen-bond acceptors (Lipinski definition) is 3. The molecule has 0 aromatic heterocycles. The molecule has 0 fully saturated rings. The van der Waals surface area contributed by atoms with Crippen molar-refractivity contribution in [3.8, 4) is 0 Å². The number of nitrogen functional groups attached to an aromatic ring is 1. The highest BCUT2D eigenvalue weighted by atomic mass is 79.9. The molecule has 4 nitrogen and oxygen atoms in total. The first-order chi connectivity index (χ1) is 9.58. The highest BCUT2D eigenvalue weighted by Gasteiger charge is 2.37. The first-order valence-corrected chi connectivity index (χ1v) is 8.43. The summed E-state index contributed by atoms with van der Waals surface area (Å²) in [4.78, 5) is -0.261. The van der Waals surface area contributed by atoms with Crippen LogP contribution in [-0.4, -0.2) is 32.0 Å². The molecule has 0 bridgehead atoms. The van der Waals surface area contributed by atoms with Gasteiger partial charge in [-0.05, 0) is 40.5 Å². The predicted molar refractivity (Wildman–Crippen MR) is 78.3 cm³/mol. The highest BCUT2D eigenvalue weighted by Crippen LogP contribution is 2.29. The van der Waals surface area contributed by atoms with Gasteiger partial charge in [-0.2, -0.15) is 17.5 Å². The van der Waals surface area contributed by atoms with Gasteiger partial charge in [0, 0.05) is 16.7 Å². The Hall–Kier alpha value is -0.800. The molecule has 1 aromatic carbocycles. The Morgan fingerprint density at radius 3 is 2.48 bits per heavy atom. The average molecular weight is 389 g/mol. The third-order valence-corrected chi connectivity index (χ3v) is 5.53. The van der Waals surface area contributed by atoms with E-state index < -0.39 is 22.7 Å². The minimum atomic E-state index is -4.60. The van der Waals surface area contributed by atoms with E-state index in [0.29, 0.717) is 17.1 Å². The SMILES string of the molecule is CCCCN(CC(F)(F)F)S(=O)(=O)c1cc(N)ccc1Br. The summed E-state index contributed by atoms with van der Waals surface area (Å²) in [6.45, 7) is 0.0605. The maximum absolute atomic E-state index is 12.6. The van der Waals surface area contributed by atoms with Crippen molar-refractivity contribution < 1.29 is 21.6 Å². The number of nitrogens with two attached hydrogens (primary N) is 1. The highest BCUT2D eigenvalue weighted by molar-refractivity contribution is 9.10. The van der Waals surface area contributed by atoms with Crippen LogP contribution in [0, 0.1) is 0 Å². The molecule has 0 heterocycles. The topological polar surface area (TPSA) is 63.4 Å². The fourth-order valence-corrected chi connectivity index (χ4v) is 4.10. The lowest BCUT2D eigenvalue weighted by atomic mass is 10.3. The number of alkyl halides is 3. The zero-order valence-electron chi connectivity index (χ0n) is 11.3. The summed E-state index contributed by atoms with van der Waals surface area (Å²) >= 11 is 3.04. The van der Waals surface area contributed by atoms with Gasteiger partial charge in [0.15, 0.2) is 0 Å². The molecule has 0 unspecified atom stereocenters. The van der Waals surface area contributed by atoms with Gasteiger partial charge in [-0.3, -0.25) is 0 Å². The van der Waals surface area contributed by atoms with Crippen LogP contribution >= 0.6 is 15.9 Å². The molecule has 0 saturated carbocycles. The fraction of sp³-hybridized carbons (Fsp3) is 0.500. The van der Waals surface area contributed by atoms with Gasteiger partial charge in [0.25, 0.3) is 0 Å². The summed E-state index contributed by atoms with van der Waals surface area (Å²) < 4.78 is 63.3. The second-order valence-electron chi connectivity index (χ2n) is 4.50. The molecule has 0 saturated heterocycles. The van der Waals surface area contributed by atoms with Crippen LogP contribution in [0.15, 0.2) is 27.6 Å². The van der Waals surface area contributed by atoms with Gasteiger partial charge >= 0.3 is 6.18 Å².